The molecule has 3 heteroatoms. The second-order valence-corrected chi connectivity index (χ2v) is 4.56. The first kappa shape index (κ1) is 14.2. The Morgan fingerprint density at radius 2 is 2.06 bits per heavy atom. The quantitative estimate of drug-likeness (QED) is 0.772. The predicted octanol–water partition coefficient (Wildman–Crippen LogP) is 2.77. The molecule has 1 amide bonds. The molecule has 0 bridgehead atoms. The lowest BCUT2D eigenvalue weighted by atomic mass is 10.1. The van der Waals surface area contributed by atoms with Gasteiger partial charge in [-0.25, -0.2) is 0 Å². The minimum Gasteiger partial charge on any atom is -0.342 e. The zero-order valence-corrected chi connectivity index (χ0v) is 11.1. The number of carbonyl (C=O) groups excluding carboxylic acids is 1. The van der Waals surface area contributed by atoms with E-state index in [4.69, 9.17) is 5.26 Å². The van der Waals surface area contributed by atoms with Gasteiger partial charge >= 0.3 is 0 Å². The molecule has 0 aliphatic carbocycles. The average molecular weight is 244 g/mol. The largest absolute Gasteiger partial charge is 0.342 e. The van der Waals surface area contributed by atoms with Crippen molar-refractivity contribution in [2.75, 3.05) is 7.05 Å². The number of rotatable bonds is 6. The Balaban J connectivity index is 2.31. The minimum absolute atomic E-state index is 0.000717. The van der Waals surface area contributed by atoms with Crippen LogP contribution in [0, 0.1) is 11.3 Å². The van der Waals surface area contributed by atoms with Crippen LogP contribution in [-0.4, -0.2) is 23.9 Å². The second kappa shape index (κ2) is 7.50. The van der Waals surface area contributed by atoms with Crippen LogP contribution in [-0.2, 0) is 11.2 Å². The van der Waals surface area contributed by atoms with E-state index in [1.807, 2.05) is 25.1 Å². The second-order valence-electron chi connectivity index (χ2n) is 4.56. The lowest BCUT2D eigenvalue weighted by Crippen LogP contribution is -2.34. The van der Waals surface area contributed by atoms with Gasteiger partial charge in [-0.3, -0.25) is 4.79 Å². The summed E-state index contributed by atoms with van der Waals surface area (Å²) >= 11 is 0. The summed E-state index contributed by atoms with van der Waals surface area (Å²) in [6.45, 7) is 1.90. The number of hydrogen-bond donors (Lipinski definition) is 0. The number of hydrogen-bond acceptors (Lipinski definition) is 2. The Kier molecular flexibility index (Phi) is 5.93. The van der Waals surface area contributed by atoms with Crippen molar-refractivity contribution < 1.29 is 4.79 Å². The Morgan fingerprint density at radius 1 is 1.39 bits per heavy atom. The molecule has 1 unspecified atom stereocenters. The van der Waals surface area contributed by atoms with Gasteiger partial charge in [-0.2, -0.15) is 5.26 Å². The van der Waals surface area contributed by atoms with Gasteiger partial charge < -0.3 is 4.90 Å². The summed E-state index contributed by atoms with van der Waals surface area (Å²) in [6.07, 6.45) is 2.71. The van der Waals surface area contributed by atoms with Crippen molar-refractivity contribution in [3.63, 3.8) is 0 Å². The third-order valence-electron chi connectivity index (χ3n) is 3.14. The molecule has 96 valence electrons. The molecule has 0 radical (unpaired) electrons. The highest BCUT2D eigenvalue weighted by atomic mass is 16.2. The standard InChI is InChI=1S/C15H20N2O/c1-13(11-12-16)17(2)15(18)10-6-9-14-7-4-3-5-8-14/h3-5,7-8,13H,6,9-11H2,1-2H3. The fourth-order valence-corrected chi connectivity index (χ4v) is 1.78. The number of amides is 1. The molecular formula is C15H20N2O. The highest BCUT2D eigenvalue weighted by Gasteiger charge is 2.14. The van der Waals surface area contributed by atoms with Crippen molar-refractivity contribution in [3.05, 3.63) is 35.9 Å². The van der Waals surface area contributed by atoms with E-state index in [9.17, 15) is 4.79 Å². The van der Waals surface area contributed by atoms with Crippen molar-refractivity contribution in [2.45, 2.75) is 38.6 Å². The first-order valence-electron chi connectivity index (χ1n) is 6.31. The molecule has 1 atom stereocenters. The van der Waals surface area contributed by atoms with E-state index in [0.29, 0.717) is 12.8 Å². The summed E-state index contributed by atoms with van der Waals surface area (Å²) in [5, 5.41) is 8.60. The van der Waals surface area contributed by atoms with E-state index in [2.05, 4.69) is 18.2 Å². The van der Waals surface area contributed by atoms with Gasteiger partial charge in [0.2, 0.25) is 5.91 Å². The maximum Gasteiger partial charge on any atom is 0.222 e. The van der Waals surface area contributed by atoms with E-state index in [1.165, 1.54) is 5.56 Å². The maximum absolute atomic E-state index is 11.9. The molecule has 0 heterocycles. The van der Waals surface area contributed by atoms with E-state index in [0.717, 1.165) is 12.8 Å². The summed E-state index contributed by atoms with van der Waals surface area (Å²) in [6, 6.07) is 12.3. The molecule has 3 nitrogen and oxygen atoms in total. The van der Waals surface area contributed by atoms with Gasteiger partial charge in [0.25, 0.3) is 0 Å². The topological polar surface area (TPSA) is 44.1 Å². The molecule has 0 aliphatic rings. The minimum atomic E-state index is -0.000717. The van der Waals surface area contributed by atoms with Gasteiger partial charge in [-0.15, -0.1) is 0 Å². The van der Waals surface area contributed by atoms with Crippen molar-refractivity contribution >= 4 is 5.91 Å². The molecule has 1 rings (SSSR count). The van der Waals surface area contributed by atoms with Crippen molar-refractivity contribution in [2.24, 2.45) is 0 Å². The molecule has 18 heavy (non-hydrogen) atoms. The van der Waals surface area contributed by atoms with Crippen LogP contribution in [0.25, 0.3) is 0 Å². The molecule has 0 spiro atoms. The zero-order valence-electron chi connectivity index (χ0n) is 11.1. The fraction of sp³-hybridized carbons (Fsp3) is 0.467. The van der Waals surface area contributed by atoms with Gasteiger partial charge in [0.15, 0.2) is 0 Å². The summed E-state index contributed by atoms with van der Waals surface area (Å²) in [5.41, 5.74) is 1.26. The zero-order chi connectivity index (χ0) is 13.4. The number of benzene rings is 1. The molecule has 0 saturated carbocycles. The van der Waals surface area contributed by atoms with E-state index in [1.54, 1.807) is 11.9 Å². The molecule has 0 aromatic heterocycles. The lowest BCUT2D eigenvalue weighted by Gasteiger charge is -2.22. The van der Waals surface area contributed by atoms with Crippen LogP contribution < -0.4 is 0 Å². The van der Waals surface area contributed by atoms with Gasteiger partial charge in [0.05, 0.1) is 12.5 Å². The highest BCUT2D eigenvalue weighted by Crippen LogP contribution is 2.08. The third-order valence-corrected chi connectivity index (χ3v) is 3.14. The smallest absolute Gasteiger partial charge is 0.222 e. The Hall–Kier alpha value is -1.82. The molecule has 1 aromatic rings. The molecule has 0 fully saturated rings. The Bertz CT molecular complexity index is 408. The summed E-state index contributed by atoms with van der Waals surface area (Å²) < 4.78 is 0. The lowest BCUT2D eigenvalue weighted by molar-refractivity contribution is -0.131. The van der Waals surface area contributed by atoms with Crippen molar-refractivity contribution in [1.29, 1.82) is 5.26 Å². The average Bonchev–Trinajstić information content (AvgIpc) is 2.39. The Labute approximate surface area is 109 Å². The predicted molar refractivity (Wildman–Crippen MR) is 71.8 cm³/mol. The molecule has 0 saturated heterocycles. The van der Waals surface area contributed by atoms with E-state index < -0.39 is 0 Å². The Morgan fingerprint density at radius 3 is 2.67 bits per heavy atom. The van der Waals surface area contributed by atoms with Gasteiger partial charge in [0.1, 0.15) is 0 Å². The van der Waals surface area contributed by atoms with Crippen molar-refractivity contribution in [3.8, 4) is 6.07 Å². The van der Waals surface area contributed by atoms with Crippen LogP contribution in [0.5, 0.6) is 0 Å². The van der Waals surface area contributed by atoms with Gasteiger partial charge in [-0.05, 0) is 25.3 Å². The number of nitrogens with zero attached hydrogens (tertiary/aromatic N) is 2. The van der Waals surface area contributed by atoms with Crippen LogP contribution in [0.4, 0.5) is 0 Å². The van der Waals surface area contributed by atoms with Gasteiger partial charge in [-0.1, -0.05) is 30.3 Å². The first-order chi connectivity index (χ1) is 8.65. The van der Waals surface area contributed by atoms with Crippen LogP contribution in [0.3, 0.4) is 0 Å². The monoisotopic (exact) mass is 244 g/mol. The van der Waals surface area contributed by atoms with Crippen LogP contribution in [0.2, 0.25) is 0 Å². The molecule has 1 aromatic carbocycles. The van der Waals surface area contributed by atoms with E-state index in [-0.39, 0.29) is 11.9 Å². The number of nitriles is 1. The summed E-state index contributed by atoms with van der Waals surface area (Å²) in [4.78, 5) is 13.5. The third kappa shape index (κ3) is 4.58. The highest BCUT2D eigenvalue weighted by molar-refractivity contribution is 5.76. The van der Waals surface area contributed by atoms with E-state index >= 15 is 0 Å². The maximum atomic E-state index is 11.9. The first-order valence-corrected chi connectivity index (χ1v) is 6.31. The van der Waals surface area contributed by atoms with Crippen LogP contribution >= 0.6 is 0 Å². The van der Waals surface area contributed by atoms with Crippen LogP contribution in [0.15, 0.2) is 30.3 Å². The normalized spacial score (nSPS) is 11.6. The SMILES string of the molecule is CC(CC#N)N(C)C(=O)CCCc1ccccc1. The molecular weight excluding hydrogens is 224 g/mol. The summed E-state index contributed by atoms with van der Waals surface area (Å²) in [7, 11) is 1.77. The summed E-state index contributed by atoms with van der Waals surface area (Å²) in [5.74, 6) is 0.119. The molecule has 0 aliphatic heterocycles. The van der Waals surface area contributed by atoms with Crippen LogP contribution in [0.1, 0.15) is 31.7 Å². The number of aryl methyl sites for hydroxylation is 1. The van der Waals surface area contributed by atoms with Gasteiger partial charge in [0, 0.05) is 19.5 Å². The van der Waals surface area contributed by atoms with Crippen molar-refractivity contribution in [1.82, 2.24) is 4.90 Å². The number of carbonyl (C=O) groups is 1. The molecule has 0 N–H and O–H groups in total. The fourth-order valence-electron chi connectivity index (χ4n) is 1.78.